The van der Waals surface area contributed by atoms with Gasteiger partial charge in [-0.05, 0) is 30.3 Å². The SMILES string of the molecule is Nc1cc(N)cc(C(=O)Nc2ccnc(Cl)c2)c1. The lowest BCUT2D eigenvalue weighted by atomic mass is 10.1. The van der Waals surface area contributed by atoms with Gasteiger partial charge < -0.3 is 16.8 Å². The quantitative estimate of drug-likeness (QED) is 0.571. The highest BCUT2D eigenvalue weighted by atomic mass is 35.5. The smallest absolute Gasteiger partial charge is 0.255 e. The average Bonchev–Trinajstić information content (AvgIpc) is 2.27. The summed E-state index contributed by atoms with van der Waals surface area (Å²) in [6.45, 7) is 0. The zero-order chi connectivity index (χ0) is 13.1. The van der Waals surface area contributed by atoms with E-state index in [-0.39, 0.29) is 5.91 Å². The van der Waals surface area contributed by atoms with Gasteiger partial charge in [-0.2, -0.15) is 0 Å². The number of aromatic nitrogens is 1. The molecule has 0 aliphatic carbocycles. The molecule has 0 aliphatic rings. The van der Waals surface area contributed by atoms with E-state index >= 15 is 0 Å². The molecule has 2 rings (SSSR count). The minimum atomic E-state index is -0.309. The van der Waals surface area contributed by atoms with Crippen molar-refractivity contribution >= 4 is 34.6 Å². The summed E-state index contributed by atoms with van der Waals surface area (Å²) in [5, 5.41) is 2.98. The molecule has 0 fully saturated rings. The topological polar surface area (TPSA) is 94.0 Å². The molecule has 5 N–H and O–H groups in total. The molecule has 1 amide bonds. The minimum absolute atomic E-state index is 0.305. The second-order valence-corrected chi connectivity index (χ2v) is 4.10. The number of nitrogen functional groups attached to an aromatic ring is 2. The van der Waals surface area contributed by atoms with Crippen LogP contribution in [0.4, 0.5) is 17.1 Å². The largest absolute Gasteiger partial charge is 0.399 e. The summed E-state index contributed by atoms with van der Waals surface area (Å²) in [4.78, 5) is 15.8. The number of benzene rings is 1. The Balaban J connectivity index is 2.22. The number of nitrogens with one attached hydrogen (secondary N) is 1. The van der Waals surface area contributed by atoms with Crippen LogP contribution in [-0.2, 0) is 0 Å². The van der Waals surface area contributed by atoms with Crippen LogP contribution in [0.15, 0.2) is 36.5 Å². The second-order valence-electron chi connectivity index (χ2n) is 3.71. The maximum absolute atomic E-state index is 11.9. The van der Waals surface area contributed by atoms with Gasteiger partial charge >= 0.3 is 0 Å². The molecule has 1 aromatic heterocycles. The molecule has 2 aromatic rings. The first-order valence-electron chi connectivity index (χ1n) is 5.13. The van der Waals surface area contributed by atoms with Gasteiger partial charge in [0.2, 0.25) is 0 Å². The molecule has 1 heterocycles. The van der Waals surface area contributed by atoms with Crippen molar-refractivity contribution in [2.45, 2.75) is 0 Å². The average molecular weight is 263 g/mol. The van der Waals surface area contributed by atoms with Crippen molar-refractivity contribution in [3.05, 3.63) is 47.2 Å². The maximum atomic E-state index is 11.9. The molecule has 0 saturated carbocycles. The number of nitrogens with zero attached hydrogens (tertiary/aromatic N) is 1. The molecular weight excluding hydrogens is 252 g/mol. The lowest BCUT2D eigenvalue weighted by Crippen LogP contribution is -2.12. The number of anilines is 3. The summed E-state index contributed by atoms with van der Waals surface area (Å²) >= 11 is 5.72. The Labute approximate surface area is 109 Å². The standard InChI is InChI=1S/C12H11ClN4O/c13-11-6-10(1-2-16-11)17-12(18)7-3-8(14)5-9(15)4-7/h1-6H,14-15H2,(H,16,17,18). The van der Waals surface area contributed by atoms with E-state index in [4.69, 9.17) is 23.1 Å². The first kappa shape index (κ1) is 12.2. The van der Waals surface area contributed by atoms with Crippen LogP contribution in [0.25, 0.3) is 0 Å². The lowest BCUT2D eigenvalue weighted by Gasteiger charge is -2.07. The normalized spacial score (nSPS) is 10.1. The third-order valence-electron chi connectivity index (χ3n) is 2.22. The van der Waals surface area contributed by atoms with Gasteiger partial charge in [0.15, 0.2) is 0 Å². The van der Waals surface area contributed by atoms with Crippen molar-refractivity contribution in [3.8, 4) is 0 Å². The summed E-state index contributed by atoms with van der Waals surface area (Å²) in [7, 11) is 0. The van der Waals surface area contributed by atoms with Gasteiger partial charge in [-0.3, -0.25) is 4.79 Å². The molecule has 0 unspecified atom stereocenters. The van der Waals surface area contributed by atoms with E-state index in [1.807, 2.05) is 0 Å². The fraction of sp³-hybridized carbons (Fsp3) is 0. The number of halogens is 1. The fourth-order valence-corrected chi connectivity index (χ4v) is 1.67. The van der Waals surface area contributed by atoms with Crippen LogP contribution >= 0.6 is 11.6 Å². The van der Waals surface area contributed by atoms with Crippen LogP contribution in [0.3, 0.4) is 0 Å². The first-order valence-corrected chi connectivity index (χ1v) is 5.51. The van der Waals surface area contributed by atoms with Crippen molar-refractivity contribution in [2.24, 2.45) is 0 Å². The van der Waals surface area contributed by atoms with E-state index in [1.165, 1.54) is 6.20 Å². The summed E-state index contributed by atoms with van der Waals surface area (Å²) in [6, 6.07) is 7.87. The van der Waals surface area contributed by atoms with Crippen LogP contribution in [0, 0.1) is 0 Å². The van der Waals surface area contributed by atoms with Gasteiger partial charge in [0.25, 0.3) is 5.91 Å². The molecule has 0 atom stereocenters. The minimum Gasteiger partial charge on any atom is -0.399 e. The Morgan fingerprint density at radius 2 is 1.83 bits per heavy atom. The maximum Gasteiger partial charge on any atom is 0.255 e. The first-order chi connectivity index (χ1) is 8.54. The number of nitrogens with two attached hydrogens (primary N) is 2. The molecular formula is C12H11ClN4O. The van der Waals surface area contributed by atoms with E-state index in [2.05, 4.69) is 10.3 Å². The molecule has 0 radical (unpaired) electrons. The highest BCUT2D eigenvalue weighted by Crippen LogP contribution is 2.17. The van der Waals surface area contributed by atoms with E-state index < -0.39 is 0 Å². The van der Waals surface area contributed by atoms with E-state index in [0.717, 1.165) is 0 Å². The second kappa shape index (κ2) is 4.93. The number of hydrogen-bond acceptors (Lipinski definition) is 4. The Hall–Kier alpha value is -2.27. The van der Waals surface area contributed by atoms with Crippen LogP contribution in [0.1, 0.15) is 10.4 Å². The molecule has 0 saturated heterocycles. The van der Waals surface area contributed by atoms with Gasteiger partial charge in [-0.15, -0.1) is 0 Å². The number of carbonyl (C=O) groups is 1. The number of hydrogen-bond donors (Lipinski definition) is 3. The van der Waals surface area contributed by atoms with Crippen LogP contribution in [0.2, 0.25) is 5.15 Å². The Morgan fingerprint density at radius 1 is 1.17 bits per heavy atom. The zero-order valence-electron chi connectivity index (χ0n) is 9.35. The number of carbonyl (C=O) groups excluding carboxylic acids is 1. The van der Waals surface area contributed by atoms with Gasteiger partial charge in [0, 0.05) is 28.8 Å². The van der Waals surface area contributed by atoms with E-state index in [0.29, 0.717) is 27.8 Å². The van der Waals surface area contributed by atoms with Gasteiger partial charge in [0.1, 0.15) is 5.15 Å². The molecule has 0 bridgehead atoms. The molecule has 0 spiro atoms. The van der Waals surface area contributed by atoms with Gasteiger partial charge in [0.05, 0.1) is 0 Å². The van der Waals surface area contributed by atoms with Crippen molar-refractivity contribution in [1.82, 2.24) is 4.98 Å². The van der Waals surface area contributed by atoms with Crippen molar-refractivity contribution in [3.63, 3.8) is 0 Å². The van der Waals surface area contributed by atoms with E-state index in [1.54, 1.807) is 30.3 Å². The predicted octanol–water partition coefficient (Wildman–Crippen LogP) is 2.15. The summed E-state index contributed by atoms with van der Waals surface area (Å²) in [6.07, 6.45) is 1.51. The van der Waals surface area contributed by atoms with Crippen LogP contribution < -0.4 is 16.8 Å². The lowest BCUT2D eigenvalue weighted by molar-refractivity contribution is 0.102. The van der Waals surface area contributed by atoms with Crippen LogP contribution in [0.5, 0.6) is 0 Å². The molecule has 92 valence electrons. The van der Waals surface area contributed by atoms with E-state index in [9.17, 15) is 4.79 Å². The van der Waals surface area contributed by atoms with Crippen LogP contribution in [-0.4, -0.2) is 10.9 Å². The number of pyridine rings is 1. The molecule has 0 aliphatic heterocycles. The highest BCUT2D eigenvalue weighted by molar-refractivity contribution is 6.29. The Morgan fingerprint density at radius 3 is 2.44 bits per heavy atom. The summed E-state index contributed by atoms with van der Waals surface area (Å²) < 4.78 is 0. The molecule has 18 heavy (non-hydrogen) atoms. The van der Waals surface area contributed by atoms with Crippen molar-refractivity contribution in [2.75, 3.05) is 16.8 Å². The Kier molecular flexibility index (Phi) is 3.34. The molecule has 1 aromatic carbocycles. The summed E-state index contributed by atoms with van der Waals surface area (Å²) in [5.41, 5.74) is 13.1. The molecule has 5 nitrogen and oxygen atoms in total. The third kappa shape index (κ3) is 2.89. The fourth-order valence-electron chi connectivity index (χ4n) is 1.49. The van der Waals surface area contributed by atoms with Gasteiger partial charge in [-0.1, -0.05) is 11.6 Å². The van der Waals surface area contributed by atoms with Crippen molar-refractivity contribution < 1.29 is 4.79 Å². The number of amides is 1. The highest BCUT2D eigenvalue weighted by Gasteiger charge is 2.08. The summed E-state index contributed by atoms with van der Waals surface area (Å²) in [5.74, 6) is -0.309. The Bertz CT molecular complexity index is 580. The zero-order valence-corrected chi connectivity index (χ0v) is 10.1. The van der Waals surface area contributed by atoms with Gasteiger partial charge in [-0.25, -0.2) is 4.98 Å². The van der Waals surface area contributed by atoms with Crippen molar-refractivity contribution in [1.29, 1.82) is 0 Å². The monoisotopic (exact) mass is 262 g/mol. The number of rotatable bonds is 2. The predicted molar refractivity (Wildman–Crippen MR) is 72.5 cm³/mol. The molecule has 6 heteroatoms. The third-order valence-corrected chi connectivity index (χ3v) is 2.43.